The van der Waals surface area contributed by atoms with Crippen LogP contribution in [-0.4, -0.2) is 33.8 Å². The second-order valence-electron chi connectivity index (χ2n) is 8.56. The Balaban J connectivity index is 3.24. The van der Waals surface area contributed by atoms with Crippen molar-refractivity contribution in [2.24, 2.45) is 29.6 Å². The van der Waals surface area contributed by atoms with Crippen molar-refractivity contribution < 1.29 is 24.3 Å². The van der Waals surface area contributed by atoms with Crippen LogP contribution in [0.15, 0.2) is 0 Å². The third-order valence-electron chi connectivity index (χ3n) is 5.56. The molecule has 1 rings (SSSR count). The van der Waals surface area contributed by atoms with E-state index in [-0.39, 0.29) is 24.7 Å². The maximum Gasteiger partial charge on any atom is 0.192 e. The highest BCUT2D eigenvalue weighted by atomic mass is 16.3. The van der Waals surface area contributed by atoms with Gasteiger partial charge in [0, 0.05) is 12.3 Å². The first-order valence-corrected chi connectivity index (χ1v) is 9.85. The van der Waals surface area contributed by atoms with Crippen LogP contribution in [-0.2, 0) is 19.2 Å². The minimum Gasteiger partial charge on any atom is -0.374 e. The maximum atomic E-state index is 12.9. The van der Waals surface area contributed by atoms with Gasteiger partial charge in [-0.15, -0.1) is 0 Å². The highest BCUT2D eigenvalue weighted by molar-refractivity contribution is 6.33. The van der Waals surface area contributed by atoms with Crippen LogP contribution in [0.5, 0.6) is 0 Å². The van der Waals surface area contributed by atoms with E-state index in [0.29, 0.717) is 19.3 Å². The molecule has 4 atom stereocenters. The molecule has 0 saturated heterocycles. The molecule has 0 aromatic rings. The van der Waals surface area contributed by atoms with Gasteiger partial charge in [0.05, 0.1) is 5.92 Å². The Bertz CT molecular complexity index is 563. The molecule has 3 unspecified atom stereocenters. The Morgan fingerprint density at radius 1 is 1.04 bits per heavy atom. The average Bonchev–Trinajstić information content (AvgIpc) is 2.76. The predicted octanol–water partition coefficient (Wildman–Crippen LogP) is 3.16. The van der Waals surface area contributed by atoms with Crippen molar-refractivity contribution >= 4 is 23.1 Å². The van der Waals surface area contributed by atoms with Crippen molar-refractivity contribution in [1.82, 2.24) is 0 Å². The summed E-state index contributed by atoms with van der Waals surface area (Å²) >= 11 is 0. The molecule has 148 valence electrons. The Kier molecular flexibility index (Phi) is 7.87. The van der Waals surface area contributed by atoms with E-state index in [1.165, 1.54) is 0 Å². The molecule has 1 saturated carbocycles. The molecule has 1 aliphatic rings. The molecule has 0 radical (unpaired) electrons. The van der Waals surface area contributed by atoms with Gasteiger partial charge in [-0.2, -0.15) is 0 Å². The summed E-state index contributed by atoms with van der Waals surface area (Å²) in [5.41, 5.74) is -2.34. The highest BCUT2D eigenvalue weighted by Crippen LogP contribution is 2.40. The van der Waals surface area contributed by atoms with Gasteiger partial charge in [-0.05, 0) is 31.1 Å². The number of aliphatic hydroxyl groups is 1. The van der Waals surface area contributed by atoms with Crippen LogP contribution >= 0.6 is 0 Å². The molecule has 0 bridgehead atoms. The van der Waals surface area contributed by atoms with Gasteiger partial charge < -0.3 is 5.11 Å². The van der Waals surface area contributed by atoms with Gasteiger partial charge in [0.2, 0.25) is 0 Å². The minimum atomic E-state index is -2.34. The van der Waals surface area contributed by atoms with Gasteiger partial charge in [-0.3, -0.25) is 19.2 Å². The molecule has 1 N–H and O–H groups in total. The van der Waals surface area contributed by atoms with Gasteiger partial charge in [0.15, 0.2) is 28.7 Å². The zero-order valence-corrected chi connectivity index (χ0v) is 17.0. The molecule has 0 amide bonds. The van der Waals surface area contributed by atoms with Gasteiger partial charge in [-0.1, -0.05) is 48.0 Å². The SMILES string of the molecule is CCC(C)C(=O)C1C(=O)C(CCC(C)C)[C@](O)(C(=O)CCC(C)C)C1=O. The fraction of sp³-hybridized carbons (Fsp3) is 0.810. The normalized spacial score (nSPS) is 27.4. The second kappa shape index (κ2) is 9.03. The third kappa shape index (κ3) is 4.48. The summed E-state index contributed by atoms with van der Waals surface area (Å²) in [6, 6.07) is 0. The summed E-state index contributed by atoms with van der Waals surface area (Å²) in [5, 5.41) is 11.1. The molecule has 5 heteroatoms. The fourth-order valence-electron chi connectivity index (χ4n) is 3.48. The lowest BCUT2D eigenvalue weighted by molar-refractivity contribution is -0.155. The number of ketones is 4. The van der Waals surface area contributed by atoms with E-state index < -0.39 is 46.5 Å². The van der Waals surface area contributed by atoms with Crippen LogP contribution in [0.2, 0.25) is 0 Å². The minimum absolute atomic E-state index is 0.0373. The van der Waals surface area contributed by atoms with Crippen molar-refractivity contribution in [1.29, 1.82) is 0 Å². The van der Waals surface area contributed by atoms with Crippen molar-refractivity contribution in [2.75, 3.05) is 0 Å². The van der Waals surface area contributed by atoms with Gasteiger partial charge in [0.25, 0.3) is 0 Å². The van der Waals surface area contributed by atoms with E-state index in [1.54, 1.807) is 6.92 Å². The van der Waals surface area contributed by atoms with Crippen LogP contribution in [0.3, 0.4) is 0 Å². The monoisotopic (exact) mass is 366 g/mol. The Morgan fingerprint density at radius 2 is 1.58 bits per heavy atom. The molecular formula is C21H34O5. The lowest BCUT2D eigenvalue weighted by atomic mass is 9.79. The number of carbonyl (C=O) groups is 4. The molecule has 1 fully saturated rings. The first kappa shape index (κ1) is 22.7. The van der Waals surface area contributed by atoms with E-state index in [2.05, 4.69) is 0 Å². The molecule has 0 spiro atoms. The summed E-state index contributed by atoms with van der Waals surface area (Å²) in [6.45, 7) is 11.3. The van der Waals surface area contributed by atoms with Crippen molar-refractivity contribution in [3.63, 3.8) is 0 Å². The summed E-state index contributed by atoms with van der Waals surface area (Å²) < 4.78 is 0. The van der Waals surface area contributed by atoms with Crippen LogP contribution in [0.4, 0.5) is 0 Å². The molecule has 0 aliphatic heterocycles. The average molecular weight is 366 g/mol. The third-order valence-corrected chi connectivity index (χ3v) is 5.56. The van der Waals surface area contributed by atoms with Crippen molar-refractivity contribution in [2.45, 2.75) is 79.2 Å². The summed E-state index contributed by atoms with van der Waals surface area (Å²) in [7, 11) is 0. The molecule has 0 aromatic heterocycles. The van der Waals surface area contributed by atoms with Gasteiger partial charge >= 0.3 is 0 Å². The molecule has 26 heavy (non-hydrogen) atoms. The molecule has 5 nitrogen and oxygen atoms in total. The van der Waals surface area contributed by atoms with Crippen molar-refractivity contribution in [3.05, 3.63) is 0 Å². The Hall–Kier alpha value is -1.36. The number of hydrogen-bond donors (Lipinski definition) is 1. The molecule has 0 aromatic carbocycles. The van der Waals surface area contributed by atoms with Gasteiger partial charge in [0.1, 0.15) is 5.92 Å². The largest absolute Gasteiger partial charge is 0.374 e. The second-order valence-corrected chi connectivity index (χ2v) is 8.56. The van der Waals surface area contributed by atoms with E-state index in [0.717, 1.165) is 0 Å². The van der Waals surface area contributed by atoms with Crippen molar-refractivity contribution in [3.8, 4) is 0 Å². The highest BCUT2D eigenvalue weighted by Gasteiger charge is 2.64. The summed E-state index contributed by atoms with van der Waals surface area (Å²) in [6.07, 6.45) is 1.93. The zero-order chi connectivity index (χ0) is 20.2. The predicted molar refractivity (Wildman–Crippen MR) is 99.6 cm³/mol. The lowest BCUT2D eigenvalue weighted by Crippen LogP contribution is -2.50. The van der Waals surface area contributed by atoms with E-state index in [9.17, 15) is 24.3 Å². The number of Topliss-reactive ketones (excluding diaryl/α,β-unsaturated/α-hetero) is 4. The van der Waals surface area contributed by atoms with Crippen LogP contribution in [0, 0.1) is 29.6 Å². The number of hydrogen-bond acceptors (Lipinski definition) is 5. The van der Waals surface area contributed by atoms with Crippen LogP contribution in [0.1, 0.15) is 73.6 Å². The van der Waals surface area contributed by atoms with Gasteiger partial charge in [-0.25, -0.2) is 0 Å². The number of carbonyl (C=O) groups excluding carboxylic acids is 4. The number of rotatable bonds is 10. The summed E-state index contributed by atoms with van der Waals surface area (Å²) in [5.74, 6) is -5.09. The first-order valence-electron chi connectivity index (χ1n) is 9.85. The molecular weight excluding hydrogens is 332 g/mol. The summed E-state index contributed by atoms with van der Waals surface area (Å²) in [4.78, 5) is 51.2. The topological polar surface area (TPSA) is 88.5 Å². The Morgan fingerprint density at radius 3 is 2.04 bits per heavy atom. The quantitative estimate of drug-likeness (QED) is 0.600. The first-order chi connectivity index (χ1) is 12.0. The molecule has 1 aliphatic carbocycles. The van der Waals surface area contributed by atoms with Crippen LogP contribution in [0.25, 0.3) is 0 Å². The van der Waals surface area contributed by atoms with E-state index in [4.69, 9.17) is 0 Å². The smallest absolute Gasteiger partial charge is 0.192 e. The standard InChI is InChI=1S/C21H34O5/c1-7-14(6)18(23)17-19(24)15(10-8-12(2)3)21(26,20(17)25)16(22)11-9-13(4)5/h12-15,17,26H,7-11H2,1-6H3/t14?,15?,17?,21-/m0/s1. The molecule has 0 heterocycles. The fourth-order valence-corrected chi connectivity index (χ4v) is 3.48. The van der Waals surface area contributed by atoms with Crippen LogP contribution < -0.4 is 0 Å². The lowest BCUT2D eigenvalue weighted by Gasteiger charge is -2.26. The zero-order valence-electron chi connectivity index (χ0n) is 17.0. The van der Waals surface area contributed by atoms with E-state index >= 15 is 0 Å². The van der Waals surface area contributed by atoms with E-state index in [1.807, 2.05) is 34.6 Å². The maximum absolute atomic E-state index is 12.9. The Labute approximate surface area is 156 Å².